The van der Waals surface area contributed by atoms with Crippen molar-refractivity contribution in [3.05, 3.63) is 40.4 Å². The minimum absolute atomic E-state index is 0.194. The van der Waals surface area contributed by atoms with Crippen LogP contribution in [0.15, 0.2) is 29.1 Å². The van der Waals surface area contributed by atoms with E-state index in [4.69, 9.17) is 23.2 Å². The molecule has 0 aliphatic heterocycles. The molecule has 0 aliphatic carbocycles. The molecule has 17 heavy (non-hydrogen) atoms. The summed E-state index contributed by atoms with van der Waals surface area (Å²) in [4.78, 5) is 11.9. The molecule has 0 saturated carbocycles. The smallest absolute Gasteiger partial charge is 0.267 e. The lowest BCUT2D eigenvalue weighted by Crippen LogP contribution is -2.14. The summed E-state index contributed by atoms with van der Waals surface area (Å²) in [5, 5.41) is 8.36. The number of rotatable bonds is 1. The van der Waals surface area contributed by atoms with Crippen LogP contribution >= 0.6 is 34.5 Å². The number of nitrogens with zero attached hydrogens (tertiary/aromatic N) is 3. The summed E-state index contributed by atoms with van der Waals surface area (Å²) < 4.78 is 2.22. The summed E-state index contributed by atoms with van der Waals surface area (Å²) in [6, 6.07) is 7.31. The Bertz CT molecular complexity index is 765. The Morgan fingerprint density at radius 3 is 2.76 bits per heavy atom. The fourth-order valence-corrected chi connectivity index (χ4v) is 2.87. The molecule has 7 heteroatoms. The summed E-state index contributed by atoms with van der Waals surface area (Å²) in [5.74, 6) is 0.260. The van der Waals surface area contributed by atoms with E-state index in [-0.39, 0.29) is 11.4 Å². The van der Waals surface area contributed by atoms with Gasteiger partial charge in [0.25, 0.3) is 5.56 Å². The molecule has 4 nitrogen and oxygen atoms in total. The topological polar surface area (TPSA) is 47.3 Å². The van der Waals surface area contributed by atoms with E-state index in [1.807, 2.05) is 18.2 Å². The molecule has 1 aromatic carbocycles. The van der Waals surface area contributed by atoms with Crippen LogP contribution in [0.5, 0.6) is 0 Å². The first-order chi connectivity index (χ1) is 8.18. The van der Waals surface area contributed by atoms with Crippen LogP contribution < -0.4 is 5.56 Å². The lowest BCUT2D eigenvalue weighted by atomic mass is 10.3. The number of alkyl halides is 2. The van der Waals surface area contributed by atoms with Gasteiger partial charge in [-0.05, 0) is 12.1 Å². The van der Waals surface area contributed by atoms with Crippen molar-refractivity contribution in [1.82, 2.24) is 14.6 Å². The highest BCUT2D eigenvalue weighted by atomic mass is 35.5. The Morgan fingerprint density at radius 1 is 1.24 bits per heavy atom. The molecule has 0 unspecified atom stereocenters. The molecule has 0 bridgehead atoms. The lowest BCUT2D eigenvalue weighted by Gasteiger charge is -2.00. The largest absolute Gasteiger partial charge is 0.268 e. The van der Waals surface area contributed by atoms with E-state index >= 15 is 0 Å². The van der Waals surface area contributed by atoms with Crippen LogP contribution in [0.4, 0.5) is 0 Å². The van der Waals surface area contributed by atoms with Crippen molar-refractivity contribution in [2.24, 2.45) is 0 Å². The van der Waals surface area contributed by atoms with Gasteiger partial charge in [0.05, 0.1) is 5.39 Å². The van der Waals surface area contributed by atoms with Gasteiger partial charge in [-0.25, -0.2) is 4.40 Å². The average Bonchev–Trinajstić information content (AvgIpc) is 2.73. The molecule has 3 aromatic rings. The van der Waals surface area contributed by atoms with Crippen molar-refractivity contribution in [3.8, 4) is 0 Å². The summed E-state index contributed by atoms with van der Waals surface area (Å²) in [6.45, 7) is 0. The third-order valence-electron chi connectivity index (χ3n) is 2.38. The minimum atomic E-state index is -0.869. The Balaban J connectivity index is 2.54. The third kappa shape index (κ3) is 1.62. The quantitative estimate of drug-likeness (QED) is 0.646. The van der Waals surface area contributed by atoms with Crippen LogP contribution in [0.25, 0.3) is 15.0 Å². The second kappa shape index (κ2) is 3.94. The fraction of sp³-hybridized carbons (Fsp3) is 0.100. The zero-order valence-electron chi connectivity index (χ0n) is 8.30. The van der Waals surface area contributed by atoms with Gasteiger partial charge >= 0.3 is 0 Å². The van der Waals surface area contributed by atoms with E-state index in [2.05, 4.69) is 10.2 Å². The SMILES string of the molecule is O=c1c2ccccc2sc2nnc(C(Cl)Cl)n12. The number of hydrogen-bond donors (Lipinski definition) is 0. The monoisotopic (exact) mass is 285 g/mol. The van der Waals surface area contributed by atoms with Crippen molar-refractivity contribution in [2.75, 3.05) is 0 Å². The average molecular weight is 286 g/mol. The molecule has 0 radical (unpaired) electrons. The van der Waals surface area contributed by atoms with Gasteiger partial charge in [0.2, 0.25) is 4.96 Å². The minimum Gasteiger partial charge on any atom is -0.268 e. The molecule has 86 valence electrons. The molecule has 2 aromatic heterocycles. The van der Waals surface area contributed by atoms with Crippen LogP contribution in [0.3, 0.4) is 0 Å². The van der Waals surface area contributed by atoms with Gasteiger partial charge < -0.3 is 0 Å². The first-order valence-electron chi connectivity index (χ1n) is 4.73. The van der Waals surface area contributed by atoms with Crippen LogP contribution in [0.2, 0.25) is 0 Å². The van der Waals surface area contributed by atoms with E-state index in [1.54, 1.807) is 6.07 Å². The highest BCUT2D eigenvalue weighted by molar-refractivity contribution is 7.23. The number of hydrogen-bond acceptors (Lipinski definition) is 4. The molecule has 0 N–H and O–H groups in total. The highest BCUT2D eigenvalue weighted by Crippen LogP contribution is 2.25. The lowest BCUT2D eigenvalue weighted by molar-refractivity contribution is 0.957. The van der Waals surface area contributed by atoms with E-state index in [0.29, 0.717) is 10.3 Å². The second-order valence-corrected chi connectivity index (χ2v) is 5.49. The van der Waals surface area contributed by atoms with Crippen LogP contribution in [0, 0.1) is 0 Å². The van der Waals surface area contributed by atoms with Crippen LogP contribution in [-0.4, -0.2) is 14.6 Å². The predicted molar refractivity (Wildman–Crippen MR) is 69.1 cm³/mol. The Hall–Kier alpha value is -1.17. The first-order valence-corrected chi connectivity index (χ1v) is 6.42. The summed E-state index contributed by atoms with van der Waals surface area (Å²) >= 11 is 12.9. The summed E-state index contributed by atoms with van der Waals surface area (Å²) in [6.07, 6.45) is 0. The zero-order chi connectivity index (χ0) is 12.0. The van der Waals surface area contributed by atoms with Crippen molar-refractivity contribution >= 4 is 49.6 Å². The maximum absolute atomic E-state index is 12.2. The third-order valence-corrected chi connectivity index (χ3v) is 3.79. The number of benzene rings is 1. The first kappa shape index (κ1) is 11.0. The summed E-state index contributed by atoms with van der Waals surface area (Å²) in [5.41, 5.74) is -0.194. The van der Waals surface area contributed by atoms with E-state index < -0.39 is 4.84 Å². The van der Waals surface area contributed by atoms with Crippen molar-refractivity contribution in [1.29, 1.82) is 0 Å². The molecule has 0 saturated heterocycles. The zero-order valence-corrected chi connectivity index (χ0v) is 10.6. The van der Waals surface area contributed by atoms with Gasteiger partial charge in [-0.15, -0.1) is 10.2 Å². The van der Waals surface area contributed by atoms with Gasteiger partial charge in [-0.2, -0.15) is 0 Å². The van der Waals surface area contributed by atoms with Gasteiger partial charge in [0.15, 0.2) is 10.7 Å². The standard InChI is InChI=1S/C10H5Cl2N3OS/c11-7(12)8-13-14-10-15(8)9(16)5-3-1-2-4-6(5)17-10/h1-4,7H. The second-order valence-electron chi connectivity index (χ2n) is 3.38. The number of fused-ring (bicyclic) bond motifs is 2. The number of aromatic nitrogens is 3. The van der Waals surface area contributed by atoms with Gasteiger partial charge in [0.1, 0.15) is 0 Å². The molecular weight excluding hydrogens is 281 g/mol. The Labute approximate surface area is 109 Å². The van der Waals surface area contributed by atoms with Gasteiger partial charge in [-0.1, -0.05) is 46.7 Å². The normalized spacial score (nSPS) is 11.7. The van der Waals surface area contributed by atoms with Crippen molar-refractivity contribution in [2.45, 2.75) is 4.84 Å². The van der Waals surface area contributed by atoms with Gasteiger partial charge in [0, 0.05) is 4.70 Å². The molecule has 0 amide bonds. The van der Waals surface area contributed by atoms with E-state index in [0.717, 1.165) is 4.70 Å². The van der Waals surface area contributed by atoms with Crippen molar-refractivity contribution < 1.29 is 0 Å². The van der Waals surface area contributed by atoms with E-state index in [1.165, 1.54) is 15.7 Å². The Morgan fingerprint density at radius 2 is 2.00 bits per heavy atom. The molecule has 2 heterocycles. The predicted octanol–water partition coefficient (Wildman–Crippen LogP) is 2.78. The van der Waals surface area contributed by atoms with E-state index in [9.17, 15) is 4.79 Å². The molecule has 0 fully saturated rings. The molecule has 0 spiro atoms. The Kier molecular flexibility index (Phi) is 2.54. The molecule has 3 rings (SSSR count). The maximum atomic E-state index is 12.2. The highest BCUT2D eigenvalue weighted by Gasteiger charge is 2.16. The fourth-order valence-electron chi connectivity index (χ4n) is 1.63. The van der Waals surface area contributed by atoms with Gasteiger partial charge in [-0.3, -0.25) is 4.79 Å². The molecule has 0 atom stereocenters. The number of halogens is 2. The van der Waals surface area contributed by atoms with Crippen LogP contribution in [-0.2, 0) is 0 Å². The maximum Gasteiger partial charge on any atom is 0.267 e. The molecule has 0 aliphatic rings. The van der Waals surface area contributed by atoms with Crippen LogP contribution in [0.1, 0.15) is 10.7 Å². The van der Waals surface area contributed by atoms with Crippen molar-refractivity contribution in [3.63, 3.8) is 0 Å². The summed E-state index contributed by atoms with van der Waals surface area (Å²) in [7, 11) is 0. The molecular formula is C10H5Cl2N3OS.